The number of carbonyl (C=O) groups is 3. The standard InChI is InChI=1S/C56H100O6/c1-4-7-10-13-16-19-22-25-26-27-28-29-32-34-37-40-43-46-49-55(58)61-52-53(62-56(59)50-47-44-41-38-35-31-24-21-18-15-12-9-6-3)51-60-54(57)48-45-42-39-36-33-30-23-20-17-14-11-8-5-2/h9,12,15,18,21,24,30,33,53H,4-8,10-11,13-14,16-17,19-20,22-23,25-29,31-32,34-52H2,1-3H3/b12-9+,18-15+,24-21+,33-30+. The van der Waals surface area contributed by atoms with Crippen LogP contribution in [0.15, 0.2) is 48.6 Å². The van der Waals surface area contributed by atoms with Crippen LogP contribution in [0, 0.1) is 0 Å². The molecule has 62 heavy (non-hydrogen) atoms. The summed E-state index contributed by atoms with van der Waals surface area (Å²) < 4.78 is 16.8. The van der Waals surface area contributed by atoms with E-state index in [2.05, 4.69) is 69.4 Å². The number of allylic oxidation sites excluding steroid dienone is 8. The van der Waals surface area contributed by atoms with E-state index < -0.39 is 6.10 Å². The molecule has 0 bridgehead atoms. The van der Waals surface area contributed by atoms with Gasteiger partial charge in [0.1, 0.15) is 13.2 Å². The van der Waals surface area contributed by atoms with Crippen molar-refractivity contribution in [1.29, 1.82) is 0 Å². The van der Waals surface area contributed by atoms with Gasteiger partial charge >= 0.3 is 17.9 Å². The first kappa shape index (κ1) is 59.4. The van der Waals surface area contributed by atoms with Crippen molar-refractivity contribution in [2.24, 2.45) is 0 Å². The molecule has 360 valence electrons. The summed E-state index contributed by atoms with van der Waals surface area (Å²) in [4.78, 5) is 38.0. The van der Waals surface area contributed by atoms with Crippen molar-refractivity contribution in [3.8, 4) is 0 Å². The Hall–Kier alpha value is -2.63. The number of hydrogen-bond acceptors (Lipinski definition) is 6. The molecule has 0 aliphatic heterocycles. The monoisotopic (exact) mass is 869 g/mol. The quantitative estimate of drug-likeness (QED) is 0.0199. The van der Waals surface area contributed by atoms with Crippen molar-refractivity contribution in [2.45, 2.75) is 277 Å². The minimum atomic E-state index is -0.786. The number of hydrogen-bond donors (Lipinski definition) is 0. The van der Waals surface area contributed by atoms with E-state index >= 15 is 0 Å². The fourth-order valence-electron chi connectivity index (χ4n) is 7.61. The minimum Gasteiger partial charge on any atom is -0.462 e. The van der Waals surface area contributed by atoms with Crippen molar-refractivity contribution >= 4 is 17.9 Å². The molecule has 0 aliphatic rings. The summed E-state index contributed by atoms with van der Waals surface area (Å²) >= 11 is 0. The molecule has 0 aromatic rings. The van der Waals surface area contributed by atoms with E-state index in [1.807, 2.05) is 0 Å². The molecule has 0 fully saturated rings. The molecular formula is C56H100O6. The van der Waals surface area contributed by atoms with Gasteiger partial charge in [-0.05, 0) is 64.2 Å². The van der Waals surface area contributed by atoms with Gasteiger partial charge in [-0.15, -0.1) is 0 Å². The molecule has 0 N–H and O–H groups in total. The Bertz CT molecular complexity index is 1090. The number of esters is 3. The molecule has 0 heterocycles. The zero-order valence-corrected chi connectivity index (χ0v) is 41.1. The number of carbonyl (C=O) groups excluding carboxylic acids is 3. The highest BCUT2D eigenvalue weighted by Gasteiger charge is 2.19. The maximum atomic E-state index is 12.8. The lowest BCUT2D eigenvalue weighted by Gasteiger charge is -2.18. The van der Waals surface area contributed by atoms with Gasteiger partial charge in [0, 0.05) is 19.3 Å². The molecule has 0 saturated heterocycles. The predicted octanol–water partition coefficient (Wildman–Crippen LogP) is 17.5. The fraction of sp³-hybridized carbons (Fsp3) is 0.804. The van der Waals surface area contributed by atoms with Crippen LogP contribution in [0.3, 0.4) is 0 Å². The minimum absolute atomic E-state index is 0.0838. The highest BCUT2D eigenvalue weighted by atomic mass is 16.6. The van der Waals surface area contributed by atoms with Gasteiger partial charge < -0.3 is 14.2 Å². The summed E-state index contributed by atoms with van der Waals surface area (Å²) in [6.07, 6.45) is 61.0. The normalized spacial score (nSPS) is 12.4. The van der Waals surface area contributed by atoms with Crippen LogP contribution in [0.25, 0.3) is 0 Å². The molecule has 0 radical (unpaired) electrons. The Balaban J connectivity index is 4.35. The largest absolute Gasteiger partial charge is 0.462 e. The van der Waals surface area contributed by atoms with E-state index in [1.54, 1.807) is 0 Å². The van der Waals surface area contributed by atoms with Gasteiger partial charge in [0.15, 0.2) is 6.10 Å². The summed E-state index contributed by atoms with van der Waals surface area (Å²) in [5.41, 5.74) is 0. The number of rotatable bonds is 48. The van der Waals surface area contributed by atoms with Crippen LogP contribution in [0.2, 0.25) is 0 Å². The third-order valence-corrected chi connectivity index (χ3v) is 11.6. The van der Waals surface area contributed by atoms with E-state index in [-0.39, 0.29) is 31.1 Å². The van der Waals surface area contributed by atoms with E-state index in [0.717, 1.165) is 96.3 Å². The topological polar surface area (TPSA) is 78.9 Å². The van der Waals surface area contributed by atoms with Gasteiger partial charge in [0.25, 0.3) is 0 Å². The van der Waals surface area contributed by atoms with Gasteiger partial charge in [0.2, 0.25) is 0 Å². The van der Waals surface area contributed by atoms with Gasteiger partial charge in [-0.25, -0.2) is 0 Å². The van der Waals surface area contributed by atoms with Gasteiger partial charge in [-0.3, -0.25) is 14.4 Å². The summed E-state index contributed by atoms with van der Waals surface area (Å²) in [6.45, 7) is 6.49. The first-order chi connectivity index (χ1) is 30.5. The third kappa shape index (κ3) is 48.4. The van der Waals surface area contributed by atoms with Gasteiger partial charge in [0.05, 0.1) is 0 Å². The Morgan fingerprint density at radius 3 is 1.03 bits per heavy atom. The van der Waals surface area contributed by atoms with Crippen LogP contribution >= 0.6 is 0 Å². The van der Waals surface area contributed by atoms with Crippen LogP contribution < -0.4 is 0 Å². The summed E-state index contributed by atoms with van der Waals surface area (Å²) in [5.74, 6) is -0.912. The average Bonchev–Trinajstić information content (AvgIpc) is 3.27. The molecule has 0 amide bonds. The maximum absolute atomic E-state index is 12.8. The van der Waals surface area contributed by atoms with E-state index in [4.69, 9.17) is 14.2 Å². The second-order valence-electron chi connectivity index (χ2n) is 17.8. The molecule has 1 atom stereocenters. The molecule has 0 aliphatic carbocycles. The fourth-order valence-corrected chi connectivity index (χ4v) is 7.61. The Morgan fingerprint density at radius 2 is 0.645 bits per heavy atom. The van der Waals surface area contributed by atoms with E-state index in [9.17, 15) is 14.4 Å². The Kier molecular flexibility index (Phi) is 48.8. The lowest BCUT2D eigenvalue weighted by Crippen LogP contribution is -2.30. The molecule has 1 unspecified atom stereocenters. The molecule has 6 nitrogen and oxygen atoms in total. The first-order valence-corrected chi connectivity index (χ1v) is 26.7. The Morgan fingerprint density at radius 1 is 0.339 bits per heavy atom. The maximum Gasteiger partial charge on any atom is 0.306 e. The molecule has 0 aromatic carbocycles. The smallest absolute Gasteiger partial charge is 0.306 e. The summed E-state index contributed by atoms with van der Waals surface area (Å²) in [7, 11) is 0. The van der Waals surface area contributed by atoms with Crippen LogP contribution in [-0.2, 0) is 28.6 Å². The summed E-state index contributed by atoms with van der Waals surface area (Å²) in [6, 6.07) is 0. The molecule has 0 aromatic heterocycles. The molecule has 0 spiro atoms. The van der Waals surface area contributed by atoms with Crippen LogP contribution in [0.5, 0.6) is 0 Å². The number of unbranched alkanes of at least 4 members (excludes halogenated alkanes) is 31. The van der Waals surface area contributed by atoms with Crippen LogP contribution in [0.1, 0.15) is 271 Å². The van der Waals surface area contributed by atoms with Crippen LogP contribution in [-0.4, -0.2) is 37.2 Å². The molecule has 6 heteroatoms. The van der Waals surface area contributed by atoms with Crippen molar-refractivity contribution in [3.63, 3.8) is 0 Å². The molecule has 0 rings (SSSR count). The van der Waals surface area contributed by atoms with Crippen molar-refractivity contribution in [3.05, 3.63) is 48.6 Å². The predicted molar refractivity (Wildman–Crippen MR) is 265 cm³/mol. The van der Waals surface area contributed by atoms with E-state index in [0.29, 0.717) is 19.3 Å². The average molecular weight is 869 g/mol. The Labute approximate surface area is 384 Å². The zero-order valence-electron chi connectivity index (χ0n) is 41.1. The van der Waals surface area contributed by atoms with Crippen LogP contribution in [0.4, 0.5) is 0 Å². The lowest BCUT2D eigenvalue weighted by molar-refractivity contribution is -0.167. The highest BCUT2D eigenvalue weighted by molar-refractivity contribution is 5.71. The highest BCUT2D eigenvalue weighted by Crippen LogP contribution is 2.16. The third-order valence-electron chi connectivity index (χ3n) is 11.6. The SMILES string of the molecule is CC/C=C/C=C/C=C/CCCCCCCC(=O)OC(COC(=O)CCCCC/C=C/CCCCCCCC)COC(=O)CCCCCCCCCCCCCCCCCCCC. The molecule has 0 saturated carbocycles. The summed E-state index contributed by atoms with van der Waals surface area (Å²) in [5, 5.41) is 0. The lowest BCUT2D eigenvalue weighted by atomic mass is 10.0. The van der Waals surface area contributed by atoms with Crippen molar-refractivity contribution < 1.29 is 28.6 Å². The van der Waals surface area contributed by atoms with Crippen molar-refractivity contribution in [1.82, 2.24) is 0 Å². The number of ether oxygens (including phenoxy) is 3. The second-order valence-corrected chi connectivity index (χ2v) is 17.8. The van der Waals surface area contributed by atoms with Gasteiger partial charge in [-0.1, -0.05) is 236 Å². The second kappa shape index (κ2) is 51.0. The van der Waals surface area contributed by atoms with E-state index in [1.165, 1.54) is 135 Å². The first-order valence-electron chi connectivity index (χ1n) is 26.7. The molecular weight excluding hydrogens is 769 g/mol. The van der Waals surface area contributed by atoms with Gasteiger partial charge in [-0.2, -0.15) is 0 Å². The van der Waals surface area contributed by atoms with Crippen molar-refractivity contribution in [2.75, 3.05) is 13.2 Å². The zero-order chi connectivity index (χ0) is 45.1.